The van der Waals surface area contributed by atoms with Gasteiger partial charge in [-0.15, -0.1) is 0 Å². The normalized spacial score (nSPS) is 18.9. The van der Waals surface area contributed by atoms with Crippen LogP contribution in [0.2, 0.25) is 0 Å². The predicted molar refractivity (Wildman–Crippen MR) is 152 cm³/mol. The Hall–Kier alpha value is -3.34. The summed E-state index contributed by atoms with van der Waals surface area (Å²) in [5.74, 6) is 0. The molecule has 0 atom stereocenters. The molecule has 0 amide bonds. The molecule has 0 saturated carbocycles. The van der Waals surface area contributed by atoms with Crippen molar-refractivity contribution in [3.63, 3.8) is 0 Å². The van der Waals surface area contributed by atoms with Gasteiger partial charge in [-0.25, -0.2) is 0 Å². The molecule has 4 heteroatoms. The molecule has 4 aromatic carbocycles. The summed E-state index contributed by atoms with van der Waals surface area (Å²) in [4.78, 5) is 0. The van der Waals surface area contributed by atoms with Gasteiger partial charge in [0.2, 0.25) is 0 Å². The van der Waals surface area contributed by atoms with Gasteiger partial charge in [-0.2, -0.15) is 0 Å². The molecule has 7 rings (SSSR count). The maximum Gasteiger partial charge on any atom is 0.494 e. The Morgan fingerprint density at radius 2 is 1.22 bits per heavy atom. The van der Waals surface area contributed by atoms with Crippen LogP contribution in [-0.2, 0) is 14.7 Å². The fraction of sp³-hybridized carbons (Fsp3) is 0.273. The summed E-state index contributed by atoms with van der Waals surface area (Å²) < 4.78 is 18.9. The van der Waals surface area contributed by atoms with Crippen LogP contribution in [0, 0.1) is 0 Å². The van der Waals surface area contributed by atoms with Gasteiger partial charge in [-0.05, 0) is 84.7 Å². The molecule has 3 nitrogen and oxygen atoms in total. The molecule has 0 spiro atoms. The molecular formula is C33H31BO3. The number of hydrogen-bond donors (Lipinski definition) is 0. The summed E-state index contributed by atoms with van der Waals surface area (Å²) in [6, 6.07) is 28.4. The van der Waals surface area contributed by atoms with E-state index >= 15 is 0 Å². The maximum atomic E-state index is 6.33. The van der Waals surface area contributed by atoms with Gasteiger partial charge < -0.3 is 13.7 Å². The highest BCUT2D eigenvalue weighted by Gasteiger charge is 2.51. The Balaban J connectivity index is 1.38. The van der Waals surface area contributed by atoms with Gasteiger partial charge in [-0.3, -0.25) is 0 Å². The largest absolute Gasteiger partial charge is 0.494 e. The zero-order valence-corrected chi connectivity index (χ0v) is 22.3. The van der Waals surface area contributed by atoms with Crippen molar-refractivity contribution in [3.05, 3.63) is 90.0 Å². The van der Waals surface area contributed by atoms with Gasteiger partial charge in [0, 0.05) is 16.2 Å². The number of hydrogen-bond acceptors (Lipinski definition) is 3. The van der Waals surface area contributed by atoms with Crippen LogP contribution >= 0.6 is 0 Å². The third-order valence-electron chi connectivity index (χ3n) is 8.94. The second-order valence-electron chi connectivity index (χ2n) is 12.1. The smallest absolute Gasteiger partial charge is 0.456 e. The second kappa shape index (κ2) is 7.37. The zero-order valence-electron chi connectivity index (χ0n) is 22.3. The quantitative estimate of drug-likeness (QED) is 0.238. The lowest BCUT2D eigenvalue weighted by atomic mass is 9.78. The summed E-state index contributed by atoms with van der Waals surface area (Å²) in [5.41, 5.74) is 9.88. The van der Waals surface area contributed by atoms with Crippen LogP contribution in [0.4, 0.5) is 0 Å². The molecular weight excluding hydrogens is 455 g/mol. The second-order valence-corrected chi connectivity index (χ2v) is 12.1. The highest BCUT2D eigenvalue weighted by atomic mass is 16.7. The Labute approximate surface area is 218 Å². The minimum atomic E-state index is -0.404. The third kappa shape index (κ3) is 3.16. The van der Waals surface area contributed by atoms with E-state index in [4.69, 9.17) is 13.7 Å². The topological polar surface area (TPSA) is 31.6 Å². The van der Waals surface area contributed by atoms with Crippen molar-refractivity contribution in [3.8, 4) is 22.3 Å². The molecule has 5 aromatic rings. The van der Waals surface area contributed by atoms with E-state index in [9.17, 15) is 0 Å². The fourth-order valence-electron chi connectivity index (χ4n) is 6.08. The lowest BCUT2D eigenvalue weighted by Gasteiger charge is -2.32. The minimum absolute atomic E-state index is 0.0217. The van der Waals surface area contributed by atoms with Crippen LogP contribution < -0.4 is 5.46 Å². The molecule has 2 aliphatic rings. The lowest BCUT2D eigenvalue weighted by Crippen LogP contribution is -2.41. The Morgan fingerprint density at radius 3 is 1.97 bits per heavy atom. The molecule has 1 aliphatic carbocycles. The van der Waals surface area contributed by atoms with Crippen molar-refractivity contribution >= 4 is 34.5 Å². The molecule has 1 saturated heterocycles. The number of fused-ring (bicyclic) bond motifs is 6. The fourth-order valence-corrected chi connectivity index (χ4v) is 6.08. The Bertz CT molecular complexity index is 1710. The molecule has 1 fully saturated rings. The first-order chi connectivity index (χ1) is 17.6. The molecule has 184 valence electrons. The van der Waals surface area contributed by atoms with E-state index in [1.807, 2.05) is 6.07 Å². The number of furan rings is 1. The molecule has 37 heavy (non-hydrogen) atoms. The van der Waals surface area contributed by atoms with E-state index in [1.54, 1.807) is 0 Å². The third-order valence-corrected chi connectivity index (χ3v) is 8.94. The van der Waals surface area contributed by atoms with Gasteiger partial charge >= 0.3 is 7.12 Å². The van der Waals surface area contributed by atoms with E-state index in [-0.39, 0.29) is 16.6 Å². The van der Waals surface area contributed by atoms with Crippen LogP contribution in [-0.4, -0.2) is 18.3 Å². The van der Waals surface area contributed by atoms with Gasteiger partial charge in [-0.1, -0.05) is 74.5 Å². The molecule has 1 aliphatic heterocycles. The molecule has 0 radical (unpaired) electrons. The Morgan fingerprint density at radius 1 is 0.595 bits per heavy atom. The van der Waals surface area contributed by atoms with E-state index < -0.39 is 7.12 Å². The zero-order chi connectivity index (χ0) is 25.7. The van der Waals surface area contributed by atoms with Crippen molar-refractivity contribution < 1.29 is 13.7 Å². The summed E-state index contributed by atoms with van der Waals surface area (Å²) in [6.45, 7) is 13.0. The standard InChI is InChI=1S/C33H31BO3/c1-31(2)26-12-8-7-10-23(26)30-22(11-9-13-27(30)31)20-14-16-28-24(18-20)25-19-21(15-17-29(25)35-28)34-36-32(3,4)33(5,6)37-34/h7-19H,1-6H3. The van der Waals surface area contributed by atoms with E-state index in [0.29, 0.717) is 0 Å². The average Bonchev–Trinajstić information content (AvgIpc) is 3.43. The van der Waals surface area contributed by atoms with Gasteiger partial charge in [0.25, 0.3) is 0 Å². The highest BCUT2D eigenvalue weighted by molar-refractivity contribution is 6.62. The molecule has 0 unspecified atom stereocenters. The molecule has 2 heterocycles. The summed E-state index contributed by atoms with van der Waals surface area (Å²) >= 11 is 0. The van der Waals surface area contributed by atoms with Crippen molar-refractivity contribution in [1.82, 2.24) is 0 Å². The van der Waals surface area contributed by atoms with Crippen LogP contribution in [0.1, 0.15) is 52.7 Å². The molecule has 0 N–H and O–H groups in total. The summed E-state index contributed by atoms with van der Waals surface area (Å²) in [5, 5.41) is 2.19. The molecule has 1 aromatic heterocycles. The first kappa shape index (κ1) is 22.8. The highest BCUT2D eigenvalue weighted by Crippen LogP contribution is 2.52. The van der Waals surface area contributed by atoms with Gasteiger partial charge in [0.15, 0.2) is 0 Å². The van der Waals surface area contributed by atoms with Crippen molar-refractivity contribution in [1.29, 1.82) is 0 Å². The van der Waals surface area contributed by atoms with Crippen molar-refractivity contribution in [2.24, 2.45) is 0 Å². The predicted octanol–water partition coefficient (Wildman–Crippen LogP) is 7.86. The van der Waals surface area contributed by atoms with Gasteiger partial charge in [0.1, 0.15) is 11.2 Å². The number of rotatable bonds is 2. The summed E-state index contributed by atoms with van der Waals surface area (Å²) in [7, 11) is -0.404. The van der Waals surface area contributed by atoms with Gasteiger partial charge in [0.05, 0.1) is 11.2 Å². The molecule has 0 bridgehead atoms. The summed E-state index contributed by atoms with van der Waals surface area (Å²) in [6.07, 6.45) is 0. The maximum absolute atomic E-state index is 6.33. The van der Waals surface area contributed by atoms with Crippen molar-refractivity contribution in [2.75, 3.05) is 0 Å². The van der Waals surface area contributed by atoms with Crippen molar-refractivity contribution in [2.45, 2.75) is 58.2 Å². The lowest BCUT2D eigenvalue weighted by molar-refractivity contribution is 0.00578. The first-order valence-corrected chi connectivity index (χ1v) is 13.1. The SMILES string of the molecule is CC1(C)c2ccccc2-c2c(-c3ccc4oc5ccc(B6OC(C)(C)C(C)(C)O6)cc5c4c3)cccc21. The Kier molecular flexibility index (Phi) is 4.55. The van der Waals surface area contributed by atoms with Crippen LogP contribution in [0.25, 0.3) is 44.2 Å². The minimum Gasteiger partial charge on any atom is -0.456 e. The van der Waals surface area contributed by atoms with E-state index in [1.165, 1.54) is 33.4 Å². The average molecular weight is 486 g/mol. The van der Waals surface area contributed by atoms with Crippen LogP contribution in [0.5, 0.6) is 0 Å². The van der Waals surface area contributed by atoms with E-state index in [0.717, 1.165) is 27.4 Å². The van der Waals surface area contributed by atoms with Crippen LogP contribution in [0.15, 0.2) is 83.3 Å². The monoisotopic (exact) mass is 486 g/mol. The number of benzene rings is 4. The first-order valence-electron chi connectivity index (χ1n) is 13.1. The van der Waals surface area contributed by atoms with E-state index in [2.05, 4.69) is 114 Å². The van der Waals surface area contributed by atoms with Crippen LogP contribution in [0.3, 0.4) is 0 Å².